The molecule has 0 saturated carbocycles. The fourth-order valence-electron chi connectivity index (χ4n) is 0.390. The number of hydrogen-bond acceptors (Lipinski definition) is 2. The minimum absolute atomic E-state index is 0.229. The van der Waals surface area contributed by atoms with Crippen LogP contribution in [0.15, 0.2) is 0 Å². The molecule has 0 bridgehead atoms. The van der Waals surface area contributed by atoms with Crippen molar-refractivity contribution in [3.05, 3.63) is 0 Å². The van der Waals surface area contributed by atoms with Crippen molar-refractivity contribution in [2.75, 3.05) is 5.51 Å². The third-order valence-corrected chi connectivity index (χ3v) is 2.36. The van der Waals surface area contributed by atoms with Crippen LogP contribution < -0.4 is 0 Å². The number of rotatable bonds is 5. The van der Waals surface area contributed by atoms with Crippen LogP contribution in [0.4, 0.5) is 0 Å². The van der Waals surface area contributed by atoms with E-state index in [4.69, 9.17) is 10.2 Å². The van der Waals surface area contributed by atoms with Crippen LogP contribution in [0, 0.1) is 0 Å². The van der Waals surface area contributed by atoms with Gasteiger partial charge in [0.25, 0.3) is 0 Å². The molecule has 4 heteroatoms. The number of aliphatic carboxylic acids is 1. The fourth-order valence-corrected chi connectivity index (χ4v) is 1.39. The van der Waals surface area contributed by atoms with Gasteiger partial charge in [0.05, 0.1) is 0 Å². The quantitative estimate of drug-likeness (QED) is 0.479. The Balaban J connectivity index is 2.83. The number of aliphatic hydroxyl groups is 1. The van der Waals surface area contributed by atoms with Gasteiger partial charge >= 0.3 is 59.6 Å². The zero-order chi connectivity index (χ0) is 7.11. The summed E-state index contributed by atoms with van der Waals surface area (Å²) in [6, 6.07) is 0. The van der Waals surface area contributed by atoms with E-state index >= 15 is 0 Å². The molecule has 3 nitrogen and oxygen atoms in total. The van der Waals surface area contributed by atoms with E-state index in [-0.39, 0.29) is 26.9 Å². The van der Waals surface area contributed by atoms with Crippen LogP contribution in [-0.4, -0.2) is 36.6 Å². The molecule has 0 aromatic carbocycles. The summed E-state index contributed by atoms with van der Waals surface area (Å²) in [7, 11) is 0. The summed E-state index contributed by atoms with van der Waals surface area (Å²) in [5, 5.41) is 17.3. The molecule has 54 valence electrons. The van der Waals surface area contributed by atoms with Gasteiger partial charge in [0.15, 0.2) is 0 Å². The molecule has 0 aromatic rings. The van der Waals surface area contributed by atoms with E-state index in [0.717, 1.165) is 5.32 Å². The molecular formula is C5H10O3Se. The first kappa shape index (κ1) is 8.95. The Bertz CT molecular complexity index is 84.3. The van der Waals surface area contributed by atoms with E-state index < -0.39 is 5.97 Å². The molecule has 0 unspecified atom stereocenters. The molecule has 0 amide bonds. The first-order valence-electron chi connectivity index (χ1n) is 2.67. The van der Waals surface area contributed by atoms with Crippen LogP contribution in [0.25, 0.3) is 0 Å². The molecule has 0 aliphatic rings. The van der Waals surface area contributed by atoms with Gasteiger partial charge < -0.3 is 0 Å². The van der Waals surface area contributed by atoms with Gasteiger partial charge in [-0.25, -0.2) is 0 Å². The number of hydrogen-bond donors (Lipinski definition) is 2. The van der Waals surface area contributed by atoms with Crippen molar-refractivity contribution in [2.24, 2.45) is 0 Å². The molecule has 0 radical (unpaired) electrons. The van der Waals surface area contributed by atoms with Crippen LogP contribution in [0.2, 0.25) is 5.32 Å². The van der Waals surface area contributed by atoms with Gasteiger partial charge in [0.1, 0.15) is 0 Å². The number of carboxylic acids is 1. The number of carbonyl (C=O) groups is 1. The third kappa shape index (κ3) is 7.95. The van der Waals surface area contributed by atoms with E-state index in [9.17, 15) is 4.79 Å². The molecule has 0 aromatic heterocycles. The Labute approximate surface area is 60.2 Å². The van der Waals surface area contributed by atoms with Crippen molar-refractivity contribution < 1.29 is 15.0 Å². The summed E-state index contributed by atoms with van der Waals surface area (Å²) in [4.78, 5) is 9.91. The standard InChI is InChI=1S/C5H10O3Se/c6-4-9-3-1-2-5(7)8/h6H,1-4H2,(H,7,8). The maximum absolute atomic E-state index is 9.91. The van der Waals surface area contributed by atoms with Gasteiger partial charge in [-0.05, 0) is 0 Å². The first-order valence-corrected chi connectivity index (χ1v) is 5.10. The van der Waals surface area contributed by atoms with Gasteiger partial charge in [-0.2, -0.15) is 0 Å². The zero-order valence-electron chi connectivity index (χ0n) is 5.04. The number of carboxylic acid groups (broad SMARTS) is 1. The Morgan fingerprint density at radius 3 is 2.67 bits per heavy atom. The van der Waals surface area contributed by atoms with Gasteiger partial charge in [0, 0.05) is 0 Å². The van der Waals surface area contributed by atoms with Crippen LogP contribution >= 0.6 is 0 Å². The molecule has 0 aliphatic heterocycles. The first-order chi connectivity index (χ1) is 4.27. The molecule has 2 N–H and O–H groups in total. The van der Waals surface area contributed by atoms with Gasteiger partial charge in [0.2, 0.25) is 0 Å². The van der Waals surface area contributed by atoms with E-state index in [0.29, 0.717) is 6.42 Å². The topological polar surface area (TPSA) is 57.5 Å². The van der Waals surface area contributed by atoms with Crippen molar-refractivity contribution >= 4 is 20.9 Å². The Hall–Kier alpha value is -0.0505. The summed E-state index contributed by atoms with van der Waals surface area (Å²) in [5.41, 5.74) is 0.229. The summed E-state index contributed by atoms with van der Waals surface area (Å²) >= 11 is 0.245. The molecule has 0 fully saturated rings. The van der Waals surface area contributed by atoms with E-state index in [1.807, 2.05) is 0 Å². The molecule has 0 heterocycles. The molecule has 9 heavy (non-hydrogen) atoms. The van der Waals surface area contributed by atoms with Gasteiger partial charge in [-0.3, -0.25) is 0 Å². The average molecular weight is 197 g/mol. The number of aliphatic hydroxyl groups excluding tert-OH is 1. The molecule has 0 aliphatic carbocycles. The predicted octanol–water partition coefficient (Wildman–Crippen LogP) is -0.0765. The monoisotopic (exact) mass is 198 g/mol. The average Bonchev–Trinajstić information content (AvgIpc) is 1.80. The van der Waals surface area contributed by atoms with Crippen LogP contribution in [0.1, 0.15) is 12.8 Å². The summed E-state index contributed by atoms with van der Waals surface area (Å²) < 4.78 is 0. The molecule has 0 spiro atoms. The second kappa shape index (κ2) is 6.08. The summed E-state index contributed by atoms with van der Waals surface area (Å²) in [6.45, 7) is 0. The third-order valence-electron chi connectivity index (χ3n) is 0.771. The van der Waals surface area contributed by atoms with Gasteiger partial charge in [-0.1, -0.05) is 0 Å². The van der Waals surface area contributed by atoms with Gasteiger partial charge in [-0.15, -0.1) is 0 Å². The van der Waals surface area contributed by atoms with Crippen molar-refractivity contribution in [1.82, 2.24) is 0 Å². The van der Waals surface area contributed by atoms with Crippen molar-refractivity contribution in [2.45, 2.75) is 18.2 Å². The maximum atomic E-state index is 9.91. The summed E-state index contributed by atoms with van der Waals surface area (Å²) in [5.74, 6) is -0.747. The minimum atomic E-state index is -0.747. The van der Waals surface area contributed by atoms with Crippen LogP contribution in [0.3, 0.4) is 0 Å². The predicted molar refractivity (Wildman–Crippen MR) is 34.5 cm³/mol. The molecule has 0 atom stereocenters. The van der Waals surface area contributed by atoms with Crippen LogP contribution in [0.5, 0.6) is 0 Å². The second-order valence-corrected chi connectivity index (χ2v) is 3.79. The zero-order valence-corrected chi connectivity index (χ0v) is 6.75. The van der Waals surface area contributed by atoms with Crippen LogP contribution in [-0.2, 0) is 4.79 Å². The van der Waals surface area contributed by atoms with E-state index in [1.165, 1.54) is 0 Å². The van der Waals surface area contributed by atoms with Crippen molar-refractivity contribution in [1.29, 1.82) is 0 Å². The molecule has 0 rings (SSSR count). The Morgan fingerprint density at radius 2 is 2.22 bits per heavy atom. The molecular weight excluding hydrogens is 187 g/mol. The Kier molecular flexibility index (Phi) is 6.04. The van der Waals surface area contributed by atoms with Crippen molar-refractivity contribution in [3.63, 3.8) is 0 Å². The normalized spacial score (nSPS) is 9.44. The second-order valence-electron chi connectivity index (χ2n) is 1.53. The Morgan fingerprint density at radius 1 is 1.56 bits per heavy atom. The fraction of sp³-hybridized carbons (Fsp3) is 0.800. The van der Waals surface area contributed by atoms with E-state index in [2.05, 4.69) is 0 Å². The SMILES string of the molecule is O=C(O)CCC[Se]CO. The van der Waals surface area contributed by atoms with Crippen molar-refractivity contribution in [3.8, 4) is 0 Å². The van der Waals surface area contributed by atoms with E-state index in [1.54, 1.807) is 0 Å². The molecule has 0 saturated heterocycles. The summed E-state index contributed by atoms with van der Waals surface area (Å²) in [6.07, 6.45) is 0.942.